The monoisotopic (exact) mass is 344 g/mol. The summed E-state index contributed by atoms with van der Waals surface area (Å²) in [6, 6.07) is 11.8. The van der Waals surface area contributed by atoms with Gasteiger partial charge in [0.2, 0.25) is 0 Å². The first kappa shape index (κ1) is 16.0. The zero-order valence-electron chi connectivity index (χ0n) is 13.3. The first-order valence-electron chi connectivity index (χ1n) is 7.32. The Morgan fingerprint density at radius 1 is 1.22 bits per heavy atom. The number of hydrogen-bond acceptors (Lipinski definition) is 3. The summed E-state index contributed by atoms with van der Waals surface area (Å²) in [6.07, 6.45) is 0. The number of nitrogens with zero attached hydrogens (tertiary/aromatic N) is 2. The van der Waals surface area contributed by atoms with Gasteiger partial charge in [-0.15, -0.1) is 11.3 Å². The van der Waals surface area contributed by atoms with Crippen molar-refractivity contribution in [3.8, 4) is 0 Å². The van der Waals surface area contributed by atoms with Crippen LogP contribution >= 0.6 is 22.9 Å². The molecule has 118 valence electrons. The standard InChI is InChI=1S/C18H17ClN2OS/c1-11-4-6-16-13(8-11)9-15(12(2)20-16)18(22)21(3)10-14-5-7-17(19)23-14/h4-9H,10H2,1-3H3. The van der Waals surface area contributed by atoms with Gasteiger partial charge in [-0.2, -0.15) is 0 Å². The molecule has 0 aliphatic rings. The Kier molecular flexibility index (Phi) is 4.37. The highest BCUT2D eigenvalue weighted by molar-refractivity contribution is 7.16. The van der Waals surface area contributed by atoms with Crippen molar-refractivity contribution in [3.63, 3.8) is 0 Å². The van der Waals surface area contributed by atoms with Crippen LogP contribution in [0.3, 0.4) is 0 Å². The number of carbonyl (C=O) groups is 1. The molecule has 0 N–H and O–H groups in total. The van der Waals surface area contributed by atoms with Gasteiger partial charge in [0.1, 0.15) is 0 Å². The van der Waals surface area contributed by atoms with Crippen LogP contribution in [0.4, 0.5) is 0 Å². The minimum atomic E-state index is -0.0251. The van der Waals surface area contributed by atoms with Gasteiger partial charge in [0.25, 0.3) is 5.91 Å². The molecule has 1 amide bonds. The van der Waals surface area contributed by atoms with E-state index in [1.807, 2.05) is 44.2 Å². The smallest absolute Gasteiger partial charge is 0.255 e. The fraction of sp³-hybridized carbons (Fsp3) is 0.222. The van der Waals surface area contributed by atoms with Crippen molar-refractivity contribution in [2.45, 2.75) is 20.4 Å². The second kappa shape index (κ2) is 6.30. The Bertz CT molecular complexity index is 888. The lowest BCUT2D eigenvalue weighted by molar-refractivity contribution is 0.0785. The number of hydrogen-bond donors (Lipinski definition) is 0. The lowest BCUT2D eigenvalue weighted by atomic mass is 10.1. The van der Waals surface area contributed by atoms with Crippen molar-refractivity contribution in [2.24, 2.45) is 0 Å². The molecule has 3 aromatic rings. The molecule has 1 aromatic carbocycles. The van der Waals surface area contributed by atoms with E-state index in [-0.39, 0.29) is 5.91 Å². The van der Waals surface area contributed by atoms with E-state index in [9.17, 15) is 4.79 Å². The van der Waals surface area contributed by atoms with Gasteiger partial charge in [-0.25, -0.2) is 0 Å². The Hall–Kier alpha value is -1.91. The quantitative estimate of drug-likeness (QED) is 0.681. The topological polar surface area (TPSA) is 33.2 Å². The number of benzene rings is 1. The molecule has 3 rings (SSSR count). The van der Waals surface area contributed by atoms with E-state index < -0.39 is 0 Å². The molecule has 2 aromatic heterocycles. The Balaban J connectivity index is 1.91. The summed E-state index contributed by atoms with van der Waals surface area (Å²) in [4.78, 5) is 20.1. The predicted octanol–water partition coefficient (Wildman–Crippen LogP) is 4.84. The second-order valence-electron chi connectivity index (χ2n) is 5.68. The van der Waals surface area contributed by atoms with Gasteiger partial charge in [0.05, 0.1) is 27.7 Å². The third kappa shape index (κ3) is 3.38. The number of halogens is 1. The molecule has 0 unspecified atom stereocenters. The lowest BCUT2D eigenvalue weighted by Gasteiger charge is -2.17. The molecule has 0 spiro atoms. The van der Waals surface area contributed by atoms with Crippen LogP contribution in [0.5, 0.6) is 0 Å². The Labute approximate surface area is 144 Å². The number of aryl methyl sites for hydroxylation is 2. The molecule has 0 atom stereocenters. The van der Waals surface area contributed by atoms with Crippen molar-refractivity contribution >= 4 is 39.7 Å². The van der Waals surface area contributed by atoms with E-state index in [2.05, 4.69) is 11.1 Å². The maximum Gasteiger partial charge on any atom is 0.255 e. The summed E-state index contributed by atoms with van der Waals surface area (Å²) in [5.41, 5.74) is 3.47. The average Bonchev–Trinajstić information content (AvgIpc) is 2.91. The molecule has 0 bridgehead atoms. The van der Waals surface area contributed by atoms with Crippen molar-refractivity contribution in [2.75, 3.05) is 7.05 Å². The second-order valence-corrected chi connectivity index (χ2v) is 7.48. The van der Waals surface area contributed by atoms with E-state index in [1.165, 1.54) is 11.3 Å². The summed E-state index contributed by atoms with van der Waals surface area (Å²) < 4.78 is 0.736. The molecule has 0 fully saturated rings. The van der Waals surface area contributed by atoms with Crippen LogP contribution in [0.1, 0.15) is 26.5 Å². The van der Waals surface area contributed by atoms with Gasteiger partial charge in [0, 0.05) is 17.3 Å². The highest BCUT2D eigenvalue weighted by atomic mass is 35.5. The molecule has 3 nitrogen and oxygen atoms in total. The van der Waals surface area contributed by atoms with Crippen LogP contribution in [0.25, 0.3) is 10.9 Å². The van der Waals surface area contributed by atoms with E-state index in [0.29, 0.717) is 12.1 Å². The van der Waals surface area contributed by atoms with Crippen molar-refractivity contribution in [1.82, 2.24) is 9.88 Å². The number of fused-ring (bicyclic) bond motifs is 1. The molecule has 2 heterocycles. The van der Waals surface area contributed by atoms with E-state index in [4.69, 9.17) is 11.6 Å². The van der Waals surface area contributed by atoms with Crippen LogP contribution in [0, 0.1) is 13.8 Å². The zero-order chi connectivity index (χ0) is 16.6. The van der Waals surface area contributed by atoms with Crippen LogP contribution in [0.15, 0.2) is 36.4 Å². The molecular weight excluding hydrogens is 328 g/mol. The summed E-state index contributed by atoms with van der Waals surface area (Å²) in [6.45, 7) is 4.46. The maximum absolute atomic E-state index is 12.8. The number of aromatic nitrogens is 1. The molecule has 0 radical (unpaired) electrons. The number of thiophene rings is 1. The number of rotatable bonds is 3. The van der Waals surface area contributed by atoms with Crippen molar-refractivity contribution in [1.29, 1.82) is 0 Å². The van der Waals surface area contributed by atoms with Crippen LogP contribution < -0.4 is 0 Å². The van der Waals surface area contributed by atoms with Crippen molar-refractivity contribution < 1.29 is 4.79 Å². The molecular formula is C18H17ClN2OS. The zero-order valence-corrected chi connectivity index (χ0v) is 14.8. The van der Waals surface area contributed by atoms with E-state index in [1.54, 1.807) is 11.9 Å². The molecule has 5 heteroatoms. The fourth-order valence-corrected chi connectivity index (χ4v) is 3.70. The van der Waals surface area contributed by atoms with Gasteiger partial charge >= 0.3 is 0 Å². The van der Waals surface area contributed by atoms with Gasteiger partial charge < -0.3 is 4.90 Å². The highest BCUT2D eigenvalue weighted by Crippen LogP contribution is 2.24. The largest absolute Gasteiger partial charge is 0.337 e. The summed E-state index contributed by atoms with van der Waals surface area (Å²) in [5, 5.41) is 0.992. The SMILES string of the molecule is Cc1ccc2nc(C)c(C(=O)N(C)Cc3ccc(Cl)s3)cc2c1. The molecule has 0 aliphatic heterocycles. The van der Waals surface area contributed by atoms with Gasteiger partial charge in [-0.3, -0.25) is 9.78 Å². The minimum Gasteiger partial charge on any atom is -0.337 e. The van der Waals surface area contributed by atoms with Crippen molar-refractivity contribution in [3.05, 3.63) is 62.4 Å². The minimum absolute atomic E-state index is 0.0251. The third-order valence-electron chi connectivity index (χ3n) is 3.76. The first-order chi connectivity index (χ1) is 10.9. The van der Waals surface area contributed by atoms with Gasteiger partial charge in [0.15, 0.2) is 0 Å². The van der Waals surface area contributed by atoms with Gasteiger partial charge in [-0.1, -0.05) is 23.2 Å². The summed E-state index contributed by atoms with van der Waals surface area (Å²) in [5.74, 6) is -0.0251. The molecule has 0 saturated heterocycles. The molecule has 23 heavy (non-hydrogen) atoms. The fourth-order valence-electron chi connectivity index (χ4n) is 2.56. The lowest BCUT2D eigenvalue weighted by Crippen LogP contribution is -2.26. The number of carbonyl (C=O) groups excluding carboxylic acids is 1. The van der Waals surface area contributed by atoms with Gasteiger partial charge in [-0.05, 0) is 44.2 Å². The third-order valence-corrected chi connectivity index (χ3v) is 4.98. The van der Waals surface area contributed by atoms with Crippen LogP contribution in [-0.2, 0) is 6.54 Å². The Morgan fingerprint density at radius 2 is 2.00 bits per heavy atom. The maximum atomic E-state index is 12.8. The number of amides is 1. The normalized spacial score (nSPS) is 11.0. The highest BCUT2D eigenvalue weighted by Gasteiger charge is 2.17. The van der Waals surface area contributed by atoms with E-state index in [0.717, 1.165) is 31.4 Å². The molecule has 0 aliphatic carbocycles. The van der Waals surface area contributed by atoms with Crippen LogP contribution in [0.2, 0.25) is 4.34 Å². The van der Waals surface area contributed by atoms with Crippen LogP contribution in [-0.4, -0.2) is 22.8 Å². The average molecular weight is 345 g/mol. The van der Waals surface area contributed by atoms with E-state index >= 15 is 0 Å². The summed E-state index contributed by atoms with van der Waals surface area (Å²) in [7, 11) is 1.80. The Morgan fingerprint density at radius 3 is 2.70 bits per heavy atom. The summed E-state index contributed by atoms with van der Waals surface area (Å²) >= 11 is 7.44. The first-order valence-corrected chi connectivity index (χ1v) is 8.51. The number of pyridine rings is 1. The predicted molar refractivity (Wildman–Crippen MR) is 96.3 cm³/mol. The molecule has 0 saturated carbocycles.